The first-order valence-electron chi connectivity index (χ1n) is 7.85. The van der Waals surface area contributed by atoms with Gasteiger partial charge in [0.2, 0.25) is 0 Å². The minimum atomic E-state index is -0.239. The van der Waals surface area contributed by atoms with Crippen LogP contribution >= 0.6 is 0 Å². The molecule has 0 heterocycles. The lowest BCUT2D eigenvalue weighted by Crippen LogP contribution is -1.98. The summed E-state index contributed by atoms with van der Waals surface area (Å²) < 4.78 is 20.9. The van der Waals surface area contributed by atoms with Crippen molar-refractivity contribution in [3.8, 4) is 28.7 Å². The first-order chi connectivity index (χ1) is 12.4. The molecule has 0 unspecified atom stereocenters. The number of methoxy groups -OCH3 is 4. The Hall–Kier alpha value is -3.15. The fourth-order valence-corrected chi connectivity index (χ4v) is 2.65. The number of hydrogen-bond donors (Lipinski definition) is 1. The first-order valence-corrected chi connectivity index (χ1v) is 7.85. The van der Waals surface area contributed by atoms with E-state index in [-0.39, 0.29) is 11.5 Å². The fraction of sp³-hybridized carbons (Fsp3) is 0.250. The van der Waals surface area contributed by atoms with Crippen molar-refractivity contribution in [1.29, 1.82) is 0 Å². The second-order valence-corrected chi connectivity index (χ2v) is 5.48. The van der Waals surface area contributed by atoms with Gasteiger partial charge in [-0.1, -0.05) is 0 Å². The Morgan fingerprint density at radius 3 is 1.96 bits per heavy atom. The van der Waals surface area contributed by atoms with Crippen LogP contribution in [0.4, 0.5) is 0 Å². The highest BCUT2D eigenvalue weighted by molar-refractivity contribution is 6.07. The van der Waals surface area contributed by atoms with E-state index in [0.29, 0.717) is 39.7 Å². The summed E-state index contributed by atoms with van der Waals surface area (Å²) in [4.78, 5) is 12.5. The van der Waals surface area contributed by atoms with Crippen LogP contribution in [0.2, 0.25) is 0 Å². The second kappa shape index (κ2) is 8.29. The number of carbonyl (C=O) groups is 1. The van der Waals surface area contributed by atoms with Crippen LogP contribution in [0.1, 0.15) is 21.5 Å². The third-order valence-corrected chi connectivity index (χ3v) is 3.93. The van der Waals surface area contributed by atoms with Crippen LogP contribution in [0.15, 0.2) is 30.3 Å². The molecular formula is C20H22O6. The highest BCUT2D eigenvalue weighted by Gasteiger charge is 2.15. The standard InChI is InChI=1S/C20H22O6/c1-12-19(25-4)13(10-18(22)20(12)26-5)6-7-17(21)14-8-15(23-2)11-16(9-14)24-3/h6-11,22H,1-5H3/b7-6+. The summed E-state index contributed by atoms with van der Waals surface area (Å²) in [7, 11) is 6.03. The van der Waals surface area contributed by atoms with Gasteiger partial charge in [-0.2, -0.15) is 0 Å². The van der Waals surface area contributed by atoms with E-state index >= 15 is 0 Å². The Morgan fingerprint density at radius 2 is 1.46 bits per heavy atom. The minimum Gasteiger partial charge on any atom is -0.504 e. The maximum absolute atomic E-state index is 12.5. The smallest absolute Gasteiger partial charge is 0.186 e. The first kappa shape index (κ1) is 19.2. The molecule has 0 radical (unpaired) electrons. The van der Waals surface area contributed by atoms with Gasteiger partial charge in [-0.3, -0.25) is 4.79 Å². The lowest BCUT2D eigenvalue weighted by atomic mass is 10.0. The summed E-state index contributed by atoms with van der Waals surface area (Å²) in [5, 5.41) is 10.1. The van der Waals surface area contributed by atoms with Crippen LogP contribution < -0.4 is 18.9 Å². The van der Waals surface area contributed by atoms with Crippen LogP contribution in [0.5, 0.6) is 28.7 Å². The molecule has 0 aliphatic rings. The van der Waals surface area contributed by atoms with Crippen molar-refractivity contribution in [2.75, 3.05) is 28.4 Å². The van der Waals surface area contributed by atoms with Gasteiger partial charge in [0, 0.05) is 22.8 Å². The Kier molecular flexibility index (Phi) is 6.11. The fourth-order valence-electron chi connectivity index (χ4n) is 2.65. The predicted molar refractivity (Wildman–Crippen MR) is 98.9 cm³/mol. The molecule has 0 atom stereocenters. The maximum atomic E-state index is 12.5. The summed E-state index contributed by atoms with van der Waals surface area (Å²) in [6, 6.07) is 6.43. The second-order valence-electron chi connectivity index (χ2n) is 5.48. The molecule has 0 aliphatic carbocycles. The Bertz CT molecular complexity index is 816. The largest absolute Gasteiger partial charge is 0.504 e. The van der Waals surface area contributed by atoms with Crippen LogP contribution in [0, 0.1) is 6.92 Å². The molecule has 2 rings (SSSR count). The number of rotatable bonds is 7. The molecular weight excluding hydrogens is 336 g/mol. The van der Waals surface area contributed by atoms with Crippen molar-refractivity contribution < 1.29 is 28.8 Å². The van der Waals surface area contributed by atoms with E-state index in [2.05, 4.69) is 0 Å². The normalized spacial score (nSPS) is 10.7. The molecule has 138 valence electrons. The van der Waals surface area contributed by atoms with Gasteiger partial charge in [0.25, 0.3) is 0 Å². The van der Waals surface area contributed by atoms with E-state index in [4.69, 9.17) is 18.9 Å². The number of carbonyl (C=O) groups excluding carboxylic acids is 1. The third kappa shape index (κ3) is 3.91. The number of phenolic OH excluding ortho intramolecular Hbond substituents is 1. The lowest BCUT2D eigenvalue weighted by molar-refractivity contribution is 0.104. The average Bonchev–Trinajstić information content (AvgIpc) is 2.65. The highest BCUT2D eigenvalue weighted by Crippen LogP contribution is 2.39. The number of ether oxygens (including phenoxy) is 4. The lowest BCUT2D eigenvalue weighted by Gasteiger charge is -2.14. The topological polar surface area (TPSA) is 74.2 Å². The van der Waals surface area contributed by atoms with Gasteiger partial charge in [0.05, 0.1) is 28.4 Å². The number of ketones is 1. The number of aromatic hydroxyl groups is 1. The van der Waals surface area contributed by atoms with Gasteiger partial charge in [-0.05, 0) is 37.3 Å². The van der Waals surface area contributed by atoms with Gasteiger partial charge < -0.3 is 24.1 Å². The Labute approximate surface area is 152 Å². The van der Waals surface area contributed by atoms with E-state index in [1.165, 1.54) is 40.6 Å². The van der Waals surface area contributed by atoms with Crippen LogP contribution in [0.25, 0.3) is 6.08 Å². The van der Waals surface area contributed by atoms with E-state index in [0.717, 1.165) is 0 Å². The molecule has 0 bridgehead atoms. The number of allylic oxidation sites excluding steroid dienone is 1. The number of benzene rings is 2. The average molecular weight is 358 g/mol. The SMILES string of the molecule is COc1cc(OC)cc(C(=O)/C=C/c2cc(O)c(OC)c(C)c2OC)c1. The molecule has 0 aliphatic heterocycles. The summed E-state index contributed by atoms with van der Waals surface area (Å²) in [6.07, 6.45) is 2.98. The van der Waals surface area contributed by atoms with Crippen LogP contribution in [-0.4, -0.2) is 39.3 Å². The van der Waals surface area contributed by atoms with Crippen LogP contribution in [-0.2, 0) is 0 Å². The van der Waals surface area contributed by atoms with E-state index in [1.54, 1.807) is 31.2 Å². The summed E-state index contributed by atoms with van der Waals surface area (Å²) in [5.41, 5.74) is 1.63. The van der Waals surface area contributed by atoms with Crippen molar-refractivity contribution in [1.82, 2.24) is 0 Å². The predicted octanol–water partition coefficient (Wildman–Crippen LogP) is 3.63. The molecule has 6 nitrogen and oxygen atoms in total. The summed E-state index contributed by atoms with van der Waals surface area (Å²) >= 11 is 0. The molecule has 0 spiro atoms. The number of hydrogen-bond acceptors (Lipinski definition) is 6. The zero-order valence-electron chi connectivity index (χ0n) is 15.5. The van der Waals surface area contributed by atoms with Gasteiger partial charge in [0.15, 0.2) is 17.3 Å². The molecule has 2 aromatic carbocycles. The molecule has 6 heteroatoms. The zero-order chi connectivity index (χ0) is 19.3. The maximum Gasteiger partial charge on any atom is 0.186 e. The minimum absolute atomic E-state index is 0.0269. The van der Waals surface area contributed by atoms with Gasteiger partial charge in [-0.25, -0.2) is 0 Å². The molecule has 1 N–H and O–H groups in total. The van der Waals surface area contributed by atoms with E-state index < -0.39 is 0 Å². The van der Waals surface area contributed by atoms with Gasteiger partial charge in [0.1, 0.15) is 17.2 Å². The molecule has 0 saturated heterocycles. The molecule has 0 aromatic heterocycles. The molecule has 26 heavy (non-hydrogen) atoms. The van der Waals surface area contributed by atoms with Gasteiger partial charge in [-0.15, -0.1) is 0 Å². The third-order valence-electron chi connectivity index (χ3n) is 3.93. The van der Waals surface area contributed by atoms with Crippen LogP contribution in [0.3, 0.4) is 0 Å². The van der Waals surface area contributed by atoms with Crippen molar-refractivity contribution in [3.63, 3.8) is 0 Å². The van der Waals surface area contributed by atoms with Crippen molar-refractivity contribution >= 4 is 11.9 Å². The monoisotopic (exact) mass is 358 g/mol. The Morgan fingerprint density at radius 1 is 0.885 bits per heavy atom. The van der Waals surface area contributed by atoms with E-state index in [9.17, 15) is 9.90 Å². The molecule has 2 aromatic rings. The summed E-state index contributed by atoms with van der Waals surface area (Å²) in [5.74, 6) is 1.64. The van der Waals surface area contributed by atoms with Crippen molar-refractivity contribution in [2.24, 2.45) is 0 Å². The Balaban J connectivity index is 2.40. The highest BCUT2D eigenvalue weighted by atomic mass is 16.5. The van der Waals surface area contributed by atoms with E-state index in [1.807, 2.05) is 0 Å². The zero-order valence-corrected chi connectivity index (χ0v) is 15.5. The number of phenols is 1. The van der Waals surface area contributed by atoms with Crippen molar-refractivity contribution in [3.05, 3.63) is 47.0 Å². The molecule has 0 fully saturated rings. The quantitative estimate of drug-likeness (QED) is 0.602. The summed E-state index contributed by atoms with van der Waals surface area (Å²) in [6.45, 7) is 1.77. The molecule has 0 saturated carbocycles. The van der Waals surface area contributed by atoms with Crippen molar-refractivity contribution in [2.45, 2.75) is 6.92 Å². The molecule has 0 amide bonds. The van der Waals surface area contributed by atoms with Gasteiger partial charge >= 0.3 is 0 Å².